The van der Waals surface area contributed by atoms with Crippen LogP contribution in [0.2, 0.25) is 0 Å². The van der Waals surface area contributed by atoms with E-state index in [4.69, 9.17) is 0 Å². The van der Waals surface area contributed by atoms with Crippen molar-refractivity contribution in [3.05, 3.63) is 84.5 Å². The largest absolute Gasteiger partial charge is 0.364 e. The summed E-state index contributed by atoms with van der Waals surface area (Å²) in [6.07, 6.45) is 7.87. The number of aromatic nitrogens is 3. The third-order valence-electron chi connectivity index (χ3n) is 5.00. The maximum Gasteiger partial charge on any atom is 0.134 e. The first kappa shape index (κ1) is 19.1. The summed E-state index contributed by atoms with van der Waals surface area (Å²) in [6.45, 7) is 5.62. The number of nitrogens with zero attached hydrogens (tertiary/aromatic N) is 5. The van der Waals surface area contributed by atoms with Gasteiger partial charge < -0.3 is 10.2 Å². The summed E-state index contributed by atoms with van der Waals surface area (Å²) in [7, 11) is 0. The number of benzene rings is 1. The molecule has 0 saturated carbocycles. The van der Waals surface area contributed by atoms with Crippen LogP contribution in [0.25, 0.3) is 6.08 Å². The minimum atomic E-state index is 0.652. The van der Waals surface area contributed by atoms with Gasteiger partial charge in [-0.25, -0.2) is 9.97 Å². The number of piperazine rings is 1. The molecule has 1 aliphatic heterocycles. The topological polar surface area (TPSA) is 57.2 Å². The highest BCUT2D eigenvalue weighted by Crippen LogP contribution is 2.17. The van der Waals surface area contributed by atoms with E-state index >= 15 is 0 Å². The summed E-state index contributed by atoms with van der Waals surface area (Å²) >= 11 is 0. The molecule has 4 rings (SSSR count). The zero-order valence-corrected chi connectivity index (χ0v) is 16.5. The van der Waals surface area contributed by atoms with E-state index in [1.165, 1.54) is 5.56 Å². The summed E-state index contributed by atoms with van der Waals surface area (Å²) in [6, 6.07) is 18.4. The van der Waals surface area contributed by atoms with Crippen LogP contribution in [0.15, 0.2) is 73.2 Å². The molecule has 0 amide bonds. The Bertz CT molecular complexity index is 905. The molecule has 1 saturated heterocycles. The number of nitrogens with one attached hydrogen (secondary N) is 1. The van der Waals surface area contributed by atoms with Crippen LogP contribution in [0.4, 0.5) is 11.6 Å². The lowest BCUT2D eigenvalue weighted by molar-refractivity contribution is 0.283. The molecule has 6 heteroatoms. The zero-order chi connectivity index (χ0) is 19.7. The van der Waals surface area contributed by atoms with Crippen molar-refractivity contribution in [2.45, 2.75) is 6.54 Å². The number of hydrogen-bond donors (Lipinski definition) is 1. The molecule has 0 bridgehead atoms. The molecular weight excluding hydrogens is 360 g/mol. The fourth-order valence-electron chi connectivity index (χ4n) is 3.36. The zero-order valence-electron chi connectivity index (χ0n) is 16.5. The third kappa shape index (κ3) is 5.62. The van der Waals surface area contributed by atoms with Crippen LogP contribution in [0, 0.1) is 0 Å². The van der Waals surface area contributed by atoms with E-state index in [0.717, 1.165) is 50.1 Å². The quantitative estimate of drug-likeness (QED) is 0.672. The minimum absolute atomic E-state index is 0.652. The fourth-order valence-corrected chi connectivity index (χ4v) is 3.36. The number of pyridine rings is 1. The second-order valence-electron chi connectivity index (χ2n) is 7.04. The monoisotopic (exact) mass is 386 g/mol. The highest BCUT2D eigenvalue weighted by Gasteiger charge is 2.17. The predicted molar refractivity (Wildman–Crippen MR) is 118 cm³/mol. The van der Waals surface area contributed by atoms with Gasteiger partial charge in [-0.3, -0.25) is 9.88 Å². The summed E-state index contributed by atoms with van der Waals surface area (Å²) in [5.41, 5.74) is 2.24. The SMILES string of the molecule is C(=C\c1ccccc1)/CN1CCN(c2cc(NCc3ccccn3)ncn2)CC1. The van der Waals surface area contributed by atoms with Crippen molar-refractivity contribution in [2.75, 3.05) is 42.9 Å². The molecule has 29 heavy (non-hydrogen) atoms. The molecule has 0 atom stereocenters. The highest BCUT2D eigenvalue weighted by atomic mass is 15.3. The normalized spacial score (nSPS) is 15.0. The first-order chi connectivity index (χ1) is 14.4. The van der Waals surface area contributed by atoms with Crippen molar-refractivity contribution in [2.24, 2.45) is 0 Å². The third-order valence-corrected chi connectivity index (χ3v) is 5.00. The molecule has 1 fully saturated rings. The lowest BCUT2D eigenvalue weighted by Crippen LogP contribution is -2.46. The van der Waals surface area contributed by atoms with Crippen LogP contribution in [0.5, 0.6) is 0 Å². The second-order valence-corrected chi connectivity index (χ2v) is 7.04. The van der Waals surface area contributed by atoms with Crippen LogP contribution < -0.4 is 10.2 Å². The standard InChI is InChI=1S/C23H26N6/c1-2-7-20(8-3-1)9-6-12-28-13-15-29(16-14-28)23-17-22(26-19-27-23)25-18-21-10-4-5-11-24-21/h1-11,17,19H,12-16,18H2,(H,25,26,27)/b9-6+. The van der Waals surface area contributed by atoms with Crippen molar-refractivity contribution >= 4 is 17.7 Å². The molecule has 0 unspecified atom stereocenters. The molecule has 1 aliphatic rings. The van der Waals surface area contributed by atoms with Gasteiger partial charge in [0, 0.05) is 45.0 Å². The van der Waals surface area contributed by atoms with Gasteiger partial charge >= 0.3 is 0 Å². The van der Waals surface area contributed by atoms with Gasteiger partial charge in [0.15, 0.2) is 0 Å². The second kappa shape index (κ2) is 9.80. The van der Waals surface area contributed by atoms with E-state index in [-0.39, 0.29) is 0 Å². The Morgan fingerprint density at radius 1 is 0.897 bits per heavy atom. The maximum absolute atomic E-state index is 4.47. The van der Waals surface area contributed by atoms with Crippen molar-refractivity contribution in [1.29, 1.82) is 0 Å². The molecule has 2 aromatic heterocycles. The Morgan fingerprint density at radius 3 is 2.52 bits per heavy atom. The summed E-state index contributed by atoms with van der Waals surface area (Å²) in [4.78, 5) is 17.9. The minimum Gasteiger partial charge on any atom is -0.364 e. The molecule has 0 spiro atoms. The number of rotatable bonds is 7. The lowest BCUT2D eigenvalue weighted by atomic mass is 10.2. The molecule has 1 aromatic carbocycles. The summed E-state index contributed by atoms with van der Waals surface area (Å²) < 4.78 is 0. The van der Waals surface area contributed by atoms with Crippen LogP contribution in [0.1, 0.15) is 11.3 Å². The smallest absolute Gasteiger partial charge is 0.134 e. The molecule has 0 aliphatic carbocycles. The first-order valence-electron chi connectivity index (χ1n) is 10.0. The molecular formula is C23H26N6. The van der Waals surface area contributed by atoms with Gasteiger partial charge in [0.25, 0.3) is 0 Å². The highest BCUT2D eigenvalue weighted by molar-refractivity contribution is 5.50. The van der Waals surface area contributed by atoms with Gasteiger partial charge in [-0.2, -0.15) is 0 Å². The lowest BCUT2D eigenvalue weighted by Gasteiger charge is -2.34. The van der Waals surface area contributed by atoms with Crippen LogP contribution in [-0.4, -0.2) is 52.6 Å². The summed E-state index contributed by atoms with van der Waals surface area (Å²) in [5, 5.41) is 3.33. The Hall–Kier alpha value is -3.25. The first-order valence-corrected chi connectivity index (χ1v) is 10.0. The van der Waals surface area contributed by atoms with Crippen LogP contribution in [-0.2, 0) is 6.54 Å². The van der Waals surface area contributed by atoms with E-state index in [0.29, 0.717) is 6.54 Å². The van der Waals surface area contributed by atoms with E-state index in [1.807, 2.05) is 30.3 Å². The maximum atomic E-state index is 4.47. The molecule has 0 radical (unpaired) electrons. The van der Waals surface area contributed by atoms with E-state index in [1.54, 1.807) is 12.5 Å². The van der Waals surface area contributed by atoms with Gasteiger partial charge in [-0.05, 0) is 17.7 Å². The fraction of sp³-hybridized carbons (Fsp3) is 0.261. The van der Waals surface area contributed by atoms with E-state index in [9.17, 15) is 0 Å². The molecule has 148 valence electrons. The Morgan fingerprint density at radius 2 is 1.72 bits per heavy atom. The summed E-state index contributed by atoms with van der Waals surface area (Å²) in [5.74, 6) is 1.80. The Kier molecular flexibility index (Phi) is 6.45. The van der Waals surface area contributed by atoms with Gasteiger partial charge in [-0.1, -0.05) is 48.6 Å². The van der Waals surface area contributed by atoms with E-state index < -0.39 is 0 Å². The van der Waals surface area contributed by atoms with Gasteiger partial charge in [0.1, 0.15) is 18.0 Å². The average molecular weight is 387 g/mol. The molecule has 1 N–H and O–H groups in total. The van der Waals surface area contributed by atoms with Gasteiger partial charge in [0.2, 0.25) is 0 Å². The van der Waals surface area contributed by atoms with Crippen LogP contribution >= 0.6 is 0 Å². The van der Waals surface area contributed by atoms with Crippen molar-refractivity contribution in [3.63, 3.8) is 0 Å². The van der Waals surface area contributed by atoms with Crippen molar-refractivity contribution in [1.82, 2.24) is 19.9 Å². The molecule has 6 nitrogen and oxygen atoms in total. The van der Waals surface area contributed by atoms with Crippen LogP contribution in [0.3, 0.4) is 0 Å². The Balaban J connectivity index is 1.26. The predicted octanol–water partition coefficient (Wildman–Crippen LogP) is 3.32. The average Bonchev–Trinajstić information content (AvgIpc) is 2.80. The number of hydrogen-bond acceptors (Lipinski definition) is 6. The van der Waals surface area contributed by atoms with E-state index in [2.05, 4.69) is 66.5 Å². The van der Waals surface area contributed by atoms with Gasteiger partial charge in [-0.15, -0.1) is 0 Å². The van der Waals surface area contributed by atoms with Gasteiger partial charge in [0.05, 0.1) is 12.2 Å². The van der Waals surface area contributed by atoms with Crippen molar-refractivity contribution in [3.8, 4) is 0 Å². The Labute approximate surface area is 171 Å². The molecule has 3 heterocycles. The number of anilines is 2. The van der Waals surface area contributed by atoms with Crippen molar-refractivity contribution < 1.29 is 0 Å². The molecule has 3 aromatic rings.